The van der Waals surface area contributed by atoms with Gasteiger partial charge in [-0.05, 0) is 53.6 Å². The molecule has 0 unspecified atom stereocenters. The van der Waals surface area contributed by atoms with Crippen molar-refractivity contribution in [3.63, 3.8) is 0 Å². The first kappa shape index (κ1) is 18.1. The van der Waals surface area contributed by atoms with Gasteiger partial charge in [-0.1, -0.05) is 38.1 Å². The van der Waals surface area contributed by atoms with Gasteiger partial charge in [-0.25, -0.2) is 9.78 Å². The van der Waals surface area contributed by atoms with Crippen LogP contribution in [0.25, 0.3) is 17.2 Å². The van der Waals surface area contributed by atoms with Crippen LogP contribution in [-0.4, -0.2) is 22.7 Å². The molecule has 0 saturated heterocycles. The number of aromatic nitrogens is 1. The van der Waals surface area contributed by atoms with E-state index in [1.807, 2.05) is 42.5 Å². The lowest BCUT2D eigenvalue weighted by Crippen LogP contribution is -2.04. The molecule has 0 spiro atoms. The van der Waals surface area contributed by atoms with Gasteiger partial charge in [-0.15, -0.1) is 0 Å². The van der Waals surface area contributed by atoms with Crippen LogP contribution in [0.5, 0.6) is 5.75 Å². The Morgan fingerprint density at radius 3 is 2.62 bits per heavy atom. The molecule has 3 rings (SSSR count). The molecule has 0 bridgehead atoms. The van der Waals surface area contributed by atoms with Gasteiger partial charge in [0.1, 0.15) is 16.2 Å². The second-order valence-electron chi connectivity index (χ2n) is 6.14. The molecule has 3 aromatic rings. The van der Waals surface area contributed by atoms with Gasteiger partial charge in [0.05, 0.1) is 6.61 Å². The predicted molar refractivity (Wildman–Crippen MR) is 102 cm³/mol. The van der Waals surface area contributed by atoms with E-state index in [9.17, 15) is 9.90 Å². The lowest BCUT2D eigenvalue weighted by atomic mass is 10.2. The Balaban J connectivity index is 1.77. The molecule has 134 valence electrons. The maximum absolute atomic E-state index is 11.6. The molecular formula is C20H19NO4S. The number of thioether (sulfide) groups is 1. The number of hydrogen-bond acceptors (Lipinski definition) is 5. The van der Waals surface area contributed by atoms with E-state index in [-0.39, 0.29) is 4.91 Å². The third kappa shape index (κ3) is 4.67. The first-order valence-corrected chi connectivity index (χ1v) is 9.04. The number of rotatable bonds is 7. The molecule has 0 aliphatic carbocycles. The number of para-hydroxylation sites is 2. The van der Waals surface area contributed by atoms with Gasteiger partial charge < -0.3 is 14.3 Å². The van der Waals surface area contributed by atoms with Crippen LogP contribution in [-0.2, 0) is 4.79 Å². The Labute approximate surface area is 155 Å². The highest BCUT2D eigenvalue weighted by atomic mass is 32.2. The van der Waals surface area contributed by atoms with Crippen LogP contribution in [0, 0.1) is 5.92 Å². The molecule has 1 heterocycles. The van der Waals surface area contributed by atoms with E-state index in [0.717, 1.165) is 23.1 Å². The highest BCUT2D eigenvalue weighted by Crippen LogP contribution is 2.30. The molecular weight excluding hydrogens is 350 g/mol. The number of fused-ring (bicyclic) bond motifs is 1. The lowest BCUT2D eigenvalue weighted by Gasteiger charge is -2.08. The standard InChI is InChI=1S/C20H19NO4S/c1-13(2)12-24-15-9-7-14(8-10-15)11-18(19(22)23)26-20-21-16-5-3-4-6-17(16)25-20/h3-11,13H,12H2,1-2H3,(H,22,23)/b18-11+. The number of benzene rings is 2. The van der Waals surface area contributed by atoms with E-state index >= 15 is 0 Å². The number of carboxylic acids is 1. The van der Waals surface area contributed by atoms with Crippen molar-refractivity contribution in [3.05, 3.63) is 59.0 Å². The molecule has 1 aromatic heterocycles. The average Bonchev–Trinajstić information content (AvgIpc) is 3.02. The minimum Gasteiger partial charge on any atom is -0.493 e. The second kappa shape index (κ2) is 8.10. The van der Waals surface area contributed by atoms with Crippen molar-refractivity contribution in [1.29, 1.82) is 0 Å². The maximum Gasteiger partial charge on any atom is 0.342 e. The fraction of sp³-hybridized carbons (Fsp3) is 0.200. The van der Waals surface area contributed by atoms with E-state index in [4.69, 9.17) is 9.15 Å². The Morgan fingerprint density at radius 2 is 1.96 bits per heavy atom. The number of hydrogen-bond donors (Lipinski definition) is 1. The Morgan fingerprint density at radius 1 is 1.23 bits per heavy atom. The van der Waals surface area contributed by atoms with E-state index in [0.29, 0.717) is 28.8 Å². The first-order valence-electron chi connectivity index (χ1n) is 8.22. The third-order valence-corrected chi connectivity index (χ3v) is 4.31. The molecule has 6 heteroatoms. The normalized spacial score (nSPS) is 11.9. The van der Waals surface area contributed by atoms with E-state index < -0.39 is 5.97 Å². The van der Waals surface area contributed by atoms with Crippen LogP contribution in [0.1, 0.15) is 19.4 Å². The van der Waals surface area contributed by atoms with Crippen molar-refractivity contribution < 1.29 is 19.1 Å². The molecule has 0 fully saturated rings. The molecule has 1 N–H and O–H groups in total. The van der Waals surface area contributed by atoms with Crippen molar-refractivity contribution in [1.82, 2.24) is 4.98 Å². The van der Waals surface area contributed by atoms with Crippen molar-refractivity contribution in [2.45, 2.75) is 19.1 Å². The van der Waals surface area contributed by atoms with Gasteiger partial charge in [-0.2, -0.15) is 0 Å². The van der Waals surface area contributed by atoms with Gasteiger partial charge in [0.15, 0.2) is 5.58 Å². The summed E-state index contributed by atoms with van der Waals surface area (Å²) in [5.74, 6) is 0.178. The molecule has 0 aliphatic heterocycles. The number of nitrogens with zero attached hydrogens (tertiary/aromatic N) is 1. The summed E-state index contributed by atoms with van der Waals surface area (Å²) < 4.78 is 11.2. The van der Waals surface area contributed by atoms with Crippen LogP contribution >= 0.6 is 11.8 Å². The van der Waals surface area contributed by atoms with Crippen molar-refractivity contribution in [3.8, 4) is 5.75 Å². The Kier molecular flexibility index (Phi) is 5.63. The third-order valence-electron chi connectivity index (χ3n) is 3.44. The van der Waals surface area contributed by atoms with Crippen molar-refractivity contribution in [2.24, 2.45) is 5.92 Å². The van der Waals surface area contributed by atoms with E-state index in [1.165, 1.54) is 0 Å². The predicted octanol–water partition coefficient (Wildman–Crippen LogP) is 5.08. The lowest BCUT2D eigenvalue weighted by molar-refractivity contribution is -0.131. The van der Waals surface area contributed by atoms with Gasteiger partial charge in [-0.3, -0.25) is 0 Å². The molecule has 0 amide bonds. The first-order chi connectivity index (χ1) is 12.5. The highest BCUT2D eigenvalue weighted by Gasteiger charge is 2.14. The van der Waals surface area contributed by atoms with Gasteiger partial charge >= 0.3 is 5.97 Å². The number of carboxylic acid groups (broad SMARTS) is 1. The van der Waals surface area contributed by atoms with Crippen LogP contribution in [0.4, 0.5) is 0 Å². The zero-order chi connectivity index (χ0) is 18.5. The molecule has 0 radical (unpaired) electrons. The smallest absolute Gasteiger partial charge is 0.342 e. The molecule has 0 saturated carbocycles. The topological polar surface area (TPSA) is 72.6 Å². The number of oxazole rings is 1. The van der Waals surface area contributed by atoms with E-state index in [2.05, 4.69) is 18.8 Å². The van der Waals surface area contributed by atoms with Gasteiger partial charge in [0.25, 0.3) is 5.22 Å². The fourth-order valence-electron chi connectivity index (χ4n) is 2.20. The summed E-state index contributed by atoms with van der Waals surface area (Å²) in [4.78, 5) is 16.0. The van der Waals surface area contributed by atoms with Crippen molar-refractivity contribution in [2.75, 3.05) is 6.61 Å². The summed E-state index contributed by atoms with van der Waals surface area (Å²) in [5, 5.41) is 9.79. The summed E-state index contributed by atoms with van der Waals surface area (Å²) in [6, 6.07) is 14.6. The molecule has 0 aliphatic rings. The number of ether oxygens (including phenoxy) is 1. The maximum atomic E-state index is 11.6. The Bertz CT molecular complexity index is 895. The summed E-state index contributed by atoms with van der Waals surface area (Å²) in [6.07, 6.45) is 1.59. The minimum absolute atomic E-state index is 0.132. The number of aliphatic carboxylic acids is 1. The van der Waals surface area contributed by atoms with Crippen LogP contribution in [0.15, 0.2) is 63.1 Å². The van der Waals surface area contributed by atoms with Gasteiger partial charge in [0.2, 0.25) is 0 Å². The van der Waals surface area contributed by atoms with Crippen molar-refractivity contribution >= 4 is 34.9 Å². The van der Waals surface area contributed by atoms with Crippen LogP contribution in [0.3, 0.4) is 0 Å². The number of carbonyl (C=O) groups is 1. The highest BCUT2D eigenvalue weighted by molar-refractivity contribution is 8.03. The zero-order valence-electron chi connectivity index (χ0n) is 14.5. The largest absolute Gasteiger partial charge is 0.493 e. The Hall–Kier alpha value is -2.73. The summed E-state index contributed by atoms with van der Waals surface area (Å²) in [5.41, 5.74) is 2.10. The summed E-state index contributed by atoms with van der Waals surface area (Å²) >= 11 is 0.988. The second-order valence-corrected chi connectivity index (χ2v) is 7.13. The SMILES string of the molecule is CC(C)COc1ccc(/C=C(/Sc2nc3ccccc3o2)C(=O)O)cc1. The summed E-state index contributed by atoms with van der Waals surface area (Å²) in [7, 11) is 0. The molecule has 5 nitrogen and oxygen atoms in total. The quantitative estimate of drug-likeness (QED) is 0.462. The molecule has 0 atom stereocenters. The van der Waals surface area contributed by atoms with Gasteiger partial charge in [0, 0.05) is 0 Å². The minimum atomic E-state index is -1.03. The molecule has 2 aromatic carbocycles. The van der Waals surface area contributed by atoms with Crippen LogP contribution < -0.4 is 4.74 Å². The summed E-state index contributed by atoms with van der Waals surface area (Å²) in [6.45, 7) is 4.81. The average molecular weight is 369 g/mol. The van der Waals surface area contributed by atoms with Crippen LogP contribution in [0.2, 0.25) is 0 Å². The monoisotopic (exact) mass is 369 g/mol. The van der Waals surface area contributed by atoms with E-state index in [1.54, 1.807) is 12.1 Å². The molecule has 26 heavy (non-hydrogen) atoms. The fourth-order valence-corrected chi connectivity index (χ4v) is 2.94. The zero-order valence-corrected chi connectivity index (χ0v) is 15.3.